The molecule has 1 aromatic rings. The van der Waals surface area contributed by atoms with Crippen LogP contribution in [0.2, 0.25) is 0 Å². The standard InChI is InChI=1S/C10H14F8O3S.C5H5N/c1-2-3-4-5-6-7(11,12)8(13,14)9(15,16)10(17,18)22(19,20)21;1-2-4-6-5-3-1/h2-6H2,1H3,(H,19,20,21);1-5H. The normalized spacial score (nSPS) is 13.6. The van der Waals surface area contributed by atoms with Gasteiger partial charge in [0, 0.05) is 18.8 Å². The van der Waals surface area contributed by atoms with Crippen molar-refractivity contribution in [1.82, 2.24) is 4.98 Å². The second-order valence-electron chi connectivity index (χ2n) is 5.68. The summed E-state index contributed by atoms with van der Waals surface area (Å²) in [5, 5.41) is -6.77. The van der Waals surface area contributed by atoms with Gasteiger partial charge in [-0.25, -0.2) is 0 Å². The van der Waals surface area contributed by atoms with Gasteiger partial charge in [-0.05, 0) is 18.6 Å². The monoisotopic (exact) mass is 445 g/mol. The molecule has 13 heteroatoms. The van der Waals surface area contributed by atoms with Gasteiger partial charge >= 0.3 is 33.1 Å². The number of pyridine rings is 1. The number of unbranched alkanes of at least 4 members (excludes halogenated alkanes) is 3. The smallest absolute Gasteiger partial charge is 0.281 e. The predicted octanol–water partition coefficient (Wildman–Crippen LogP) is 5.42. The average Bonchev–Trinajstić information content (AvgIpc) is 2.59. The number of aromatic nitrogens is 1. The number of hydrogen-bond donors (Lipinski definition) is 1. The highest BCUT2D eigenvalue weighted by Crippen LogP contribution is 2.55. The van der Waals surface area contributed by atoms with Crippen LogP contribution in [-0.4, -0.2) is 41.0 Å². The Hall–Kier alpha value is -1.50. The van der Waals surface area contributed by atoms with Crippen molar-refractivity contribution in [2.75, 3.05) is 0 Å². The van der Waals surface area contributed by atoms with E-state index in [0.29, 0.717) is 12.8 Å². The highest BCUT2D eigenvalue weighted by atomic mass is 32.2. The fourth-order valence-corrected chi connectivity index (χ4v) is 2.27. The maximum atomic E-state index is 13.2. The summed E-state index contributed by atoms with van der Waals surface area (Å²) in [5.74, 6) is -19.3. The lowest BCUT2D eigenvalue weighted by atomic mass is 9.98. The number of halogens is 8. The van der Waals surface area contributed by atoms with Crippen LogP contribution in [0.1, 0.15) is 39.0 Å². The number of hydrogen-bond acceptors (Lipinski definition) is 3. The van der Waals surface area contributed by atoms with Gasteiger partial charge in [-0.3, -0.25) is 9.54 Å². The van der Waals surface area contributed by atoms with Crippen molar-refractivity contribution in [3.63, 3.8) is 0 Å². The van der Waals surface area contributed by atoms with Crippen molar-refractivity contribution < 1.29 is 48.1 Å². The lowest BCUT2D eigenvalue weighted by Gasteiger charge is -2.35. The van der Waals surface area contributed by atoms with Crippen LogP contribution in [0, 0.1) is 0 Å². The molecule has 1 aromatic heterocycles. The van der Waals surface area contributed by atoms with Crippen LogP contribution in [0.25, 0.3) is 0 Å². The van der Waals surface area contributed by atoms with E-state index in [2.05, 4.69) is 4.98 Å². The topological polar surface area (TPSA) is 67.3 Å². The second kappa shape index (κ2) is 9.81. The first-order valence-corrected chi connectivity index (χ1v) is 9.33. The maximum absolute atomic E-state index is 13.2. The molecule has 0 aromatic carbocycles. The molecule has 0 aliphatic carbocycles. The summed E-state index contributed by atoms with van der Waals surface area (Å²) in [7, 11) is -7.03. The third-order valence-corrected chi connectivity index (χ3v) is 4.36. The summed E-state index contributed by atoms with van der Waals surface area (Å²) in [6.45, 7) is 1.65. The third kappa shape index (κ3) is 6.00. The van der Waals surface area contributed by atoms with E-state index < -0.39 is 46.0 Å². The summed E-state index contributed by atoms with van der Waals surface area (Å²) < 4.78 is 132. The summed E-state index contributed by atoms with van der Waals surface area (Å²) in [4.78, 5) is 3.78. The van der Waals surface area contributed by atoms with Gasteiger partial charge in [0.2, 0.25) is 0 Å². The Morgan fingerprint density at radius 3 is 1.64 bits per heavy atom. The largest absolute Gasteiger partial charge is 0.438 e. The molecule has 0 radical (unpaired) electrons. The van der Waals surface area contributed by atoms with E-state index in [-0.39, 0.29) is 6.42 Å². The minimum atomic E-state index is -7.03. The number of alkyl halides is 8. The molecule has 0 aliphatic heterocycles. The Bertz CT molecular complexity index is 657. The maximum Gasteiger partial charge on any atom is 0.438 e. The molecule has 0 spiro atoms. The van der Waals surface area contributed by atoms with Gasteiger partial charge in [-0.1, -0.05) is 32.3 Å². The minimum absolute atomic E-state index is 0.0254. The summed E-state index contributed by atoms with van der Waals surface area (Å²) in [6.07, 6.45) is 1.84. The van der Waals surface area contributed by atoms with Crippen molar-refractivity contribution in [3.8, 4) is 0 Å². The first-order valence-electron chi connectivity index (χ1n) is 7.89. The van der Waals surface area contributed by atoms with Crippen LogP contribution in [0.3, 0.4) is 0 Å². The van der Waals surface area contributed by atoms with Crippen molar-refractivity contribution in [3.05, 3.63) is 30.6 Å². The van der Waals surface area contributed by atoms with Crippen LogP contribution >= 0.6 is 0 Å². The van der Waals surface area contributed by atoms with E-state index in [4.69, 9.17) is 4.55 Å². The van der Waals surface area contributed by atoms with Crippen molar-refractivity contribution in [1.29, 1.82) is 0 Å². The molecule has 0 bridgehead atoms. The van der Waals surface area contributed by atoms with Gasteiger partial charge in [0.15, 0.2) is 0 Å². The van der Waals surface area contributed by atoms with E-state index in [1.165, 1.54) is 0 Å². The van der Waals surface area contributed by atoms with Crippen molar-refractivity contribution in [2.45, 2.75) is 62.0 Å². The molecule has 0 fully saturated rings. The molecular weight excluding hydrogens is 426 g/mol. The zero-order chi connectivity index (χ0) is 22.3. The molecule has 0 saturated carbocycles. The van der Waals surface area contributed by atoms with Gasteiger partial charge in [-0.2, -0.15) is 43.5 Å². The van der Waals surface area contributed by atoms with E-state index in [9.17, 15) is 43.5 Å². The highest BCUT2D eigenvalue weighted by Gasteiger charge is 2.84. The van der Waals surface area contributed by atoms with E-state index in [0.717, 1.165) is 0 Å². The average molecular weight is 445 g/mol. The van der Waals surface area contributed by atoms with Crippen LogP contribution in [0.5, 0.6) is 0 Å². The van der Waals surface area contributed by atoms with Gasteiger partial charge in [0.1, 0.15) is 0 Å². The Kier molecular flexibility index (Phi) is 9.28. The molecule has 164 valence electrons. The van der Waals surface area contributed by atoms with Crippen molar-refractivity contribution in [2.24, 2.45) is 0 Å². The molecule has 28 heavy (non-hydrogen) atoms. The highest BCUT2D eigenvalue weighted by molar-refractivity contribution is 7.87. The van der Waals surface area contributed by atoms with E-state index in [1.54, 1.807) is 19.3 Å². The Balaban J connectivity index is 0.00000102. The minimum Gasteiger partial charge on any atom is -0.281 e. The Labute approximate surface area is 156 Å². The Morgan fingerprint density at radius 2 is 1.32 bits per heavy atom. The van der Waals surface area contributed by atoms with Crippen molar-refractivity contribution >= 4 is 10.1 Å². The van der Waals surface area contributed by atoms with E-state index >= 15 is 0 Å². The summed E-state index contributed by atoms with van der Waals surface area (Å²) >= 11 is 0. The molecule has 0 atom stereocenters. The van der Waals surface area contributed by atoms with Gasteiger partial charge in [0.25, 0.3) is 0 Å². The summed E-state index contributed by atoms with van der Waals surface area (Å²) in [5.41, 5.74) is 0. The number of nitrogens with zero attached hydrogens (tertiary/aromatic N) is 1. The lowest BCUT2D eigenvalue weighted by molar-refractivity contribution is -0.349. The fraction of sp³-hybridized carbons (Fsp3) is 0.667. The molecule has 4 nitrogen and oxygen atoms in total. The molecule has 0 saturated heterocycles. The fourth-order valence-electron chi connectivity index (χ4n) is 1.82. The first kappa shape index (κ1) is 26.5. The van der Waals surface area contributed by atoms with Crippen LogP contribution < -0.4 is 0 Å². The summed E-state index contributed by atoms with van der Waals surface area (Å²) in [6, 6.07) is 5.72. The van der Waals surface area contributed by atoms with Gasteiger partial charge in [0.05, 0.1) is 0 Å². The van der Waals surface area contributed by atoms with Gasteiger partial charge in [-0.15, -0.1) is 0 Å². The quantitative estimate of drug-likeness (QED) is 0.313. The van der Waals surface area contributed by atoms with E-state index in [1.807, 2.05) is 18.2 Å². The molecule has 0 unspecified atom stereocenters. The molecule has 1 rings (SSSR count). The molecule has 1 N–H and O–H groups in total. The molecular formula is C15H19F8NO3S. The number of rotatable bonds is 9. The molecule has 0 amide bonds. The molecule has 1 heterocycles. The second-order valence-corrected chi connectivity index (χ2v) is 7.14. The predicted molar refractivity (Wildman–Crippen MR) is 84.3 cm³/mol. The first-order chi connectivity index (χ1) is 12.6. The van der Waals surface area contributed by atoms with Crippen LogP contribution in [-0.2, 0) is 10.1 Å². The van der Waals surface area contributed by atoms with Crippen LogP contribution in [0.15, 0.2) is 30.6 Å². The van der Waals surface area contributed by atoms with Gasteiger partial charge < -0.3 is 0 Å². The molecule has 0 aliphatic rings. The third-order valence-electron chi connectivity index (χ3n) is 3.45. The Morgan fingerprint density at radius 1 is 0.821 bits per heavy atom. The zero-order valence-electron chi connectivity index (χ0n) is 14.6. The SMILES string of the molecule is CCCCCCC(F)(F)C(F)(F)C(F)(F)C(F)(F)S(=O)(=O)O.c1ccncc1. The zero-order valence-corrected chi connectivity index (χ0v) is 15.4. The van der Waals surface area contributed by atoms with Crippen LogP contribution in [0.4, 0.5) is 35.1 Å². The lowest BCUT2D eigenvalue weighted by Crippen LogP contribution is -2.64.